The zero-order valence-corrected chi connectivity index (χ0v) is 10.1. The zero-order valence-electron chi connectivity index (χ0n) is 10.1. The van der Waals surface area contributed by atoms with E-state index in [1.165, 1.54) is 12.1 Å². The van der Waals surface area contributed by atoms with Crippen molar-refractivity contribution in [1.82, 2.24) is 0 Å². The maximum Gasteiger partial charge on any atom is 0.416 e. The van der Waals surface area contributed by atoms with Crippen LogP contribution in [0.1, 0.15) is 37.8 Å². The lowest BCUT2D eigenvalue weighted by atomic mass is 9.84. The van der Waals surface area contributed by atoms with Gasteiger partial charge in [-0.25, -0.2) is 0 Å². The second-order valence-electron chi connectivity index (χ2n) is 4.63. The summed E-state index contributed by atoms with van der Waals surface area (Å²) in [4.78, 5) is 0. The maximum atomic E-state index is 12.4. The predicted molar refractivity (Wildman–Crippen MR) is 60.7 cm³/mol. The van der Waals surface area contributed by atoms with E-state index in [0.717, 1.165) is 17.7 Å². The van der Waals surface area contributed by atoms with Crippen molar-refractivity contribution in [2.75, 3.05) is 0 Å². The second kappa shape index (κ2) is 5.08. The summed E-state index contributed by atoms with van der Waals surface area (Å²) in [5.41, 5.74) is 0.0809. The molecule has 1 aromatic carbocycles. The fraction of sp³-hybridized carbons (Fsp3) is 0.538. The highest BCUT2D eigenvalue weighted by atomic mass is 19.4. The maximum absolute atomic E-state index is 12.4. The molecule has 0 spiro atoms. The van der Waals surface area contributed by atoms with Gasteiger partial charge in [0.15, 0.2) is 0 Å². The molecule has 0 aromatic heterocycles. The fourth-order valence-electron chi connectivity index (χ4n) is 2.11. The lowest BCUT2D eigenvalue weighted by molar-refractivity contribution is -0.137. The SMILES string of the molecule is CC(C)C(c1ccc(C(F)(F)F)cc1)C(C)O. The first-order valence-electron chi connectivity index (χ1n) is 5.58. The minimum Gasteiger partial charge on any atom is -0.393 e. The van der Waals surface area contributed by atoms with E-state index in [2.05, 4.69) is 0 Å². The number of aliphatic hydroxyl groups excluding tert-OH is 1. The van der Waals surface area contributed by atoms with Crippen LogP contribution in [0.25, 0.3) is 0 Å². The van der Waals surface area contributed by atoms with Gasteiger partial charge in [0, 0.05) is 5.92 Å². The molecule has 0 fully saturated rings. The molecule has 0 aliphatic carbocycles. The summed E-state index contributed by atoms with van der Waals surface area (Å²) in [5.74, 6) is 0.0315. The second-order valence-corrected chi connectivity index (χ2v) is 4.63. The highest BCUT2D eigenvalue weighted by Gasteiger charge is 2.30. The van der Waals surface area contributed by atoms with E-state index in [-0.39, 0.29) is 11.8 Å². The Labute approximate surface area is 99.3 Å². The number of alkyl halides is 3. The summed E-state index contributed by atoms with van der Waals surface area (Å²) in [6, 6.07) is 5.01. The Morgan fingerprint density at radius 2 is 1.47 bits per heavy atom. The van der Waals surface area contributed by atoms with Crippen LogP contribution in [-0.2, 0) is 6.18 Å². The van der Waals surface area contributed by atoms with Gasteiger partial charge in [-0.15, -0.1) is 0 Å². The van der Waals surface area contributed by atoms with Crippen LogP contribution in [0.15, 0.2) is 24.3 Å². The highest BCUT2D eigenvalue weighted by Crippen LogP contribution is 2.32. The number of halogens is 3. The summed E-state index contributed by atoms with van der Waals surface area (Å²) in [6.07, 6.45) is -4.89. The third kappa shape index (κ3) is 3.46. The van der Waals surface area contributed by atoms with Gasteiger partial charge in [-0.05, 0) is 30.5 Å². The number of aliphatic hydroxyl groups is 1. The Balaban J connectivity index is 3.01. The minimum atomic E-state index is -4.31. The Hall–Kier alpha value is -1.03. The van der Waals surface area contributed by atoms with Gasteiger partial charge in [0.1, 0.15) is 0 Å². The van der Waals surface area contributed by atoms with Crippen LogP contribution in [0.5, 0.6) is 0 Å². The first kappa shape index (κ1) is 14.0. The van der Waals surface area contributed by atoms with Gasteiger partial charge in [-0.2, -0.15) is 13.2 Å². The van der Waals surface area contributed by atoms with Crippen LogP contribution in [0.2, 0.25) is 0 Å². The van der Waals surface area contributed by atoms with E-state index in [4.69, 9.17) is 0 Å². The van der Waals surface area contributed by atoms with E-state index < -0.39 is 17.8 Å². The van der Waals surface area contributed by atoms with Gasteiger partial charge >= 0.3 is 6.18 Å². The Bertz CT molecular complexity index is 344. The van der Waals surface area contributed by atoms with Gasteiger partial charge in [0.05, 0.1) is 11.7 Å². The molecule has 0 bridgehead atoms. The van der Waals surface area contributed by atoms with Crippen LogP contribution in [0.4, 0.5) is 13.2 Å². The molecule has 96 valence electrons. The quantitative estimate of drug-likeness (QED) is 0.859. The number of hydrogen-bond donors (Lipinski definition) is 1. The van der Waals surface area contributed by atoms with Crippen molar-refractivity contribution >= 4 is 0 Å². The first-order chi connectivity index (χ1) is 7.73. The summed E-state index contributed by atoms with van der Waals surface area (Å²) in [5, 5.41) is 9.64. The van der Waals surface area contributed by atoms with Crippen molar-refractivity contribution < 1.29 is 18.3 Å². The molecule has 2 atom stereocenters. The molecular weight excluding hydrogens is 229 g/mol. The van der Waals surface area contributed by atoms with Crippen LogP contribution in [0.3, 0.4) is 0 Å². The Morgan fingerprint density at radius 1 is 1.00 bits per heavy atom. The molecule has 0 aliphatic rings. The van der Waals surface area contributed by atoms with Crippen molar-refractivity contribution in [3.63, 3.8) is 0 Å². The molecule has 1 N–H and O–H groups in total. The van der Waals surface area contributed by atoms with E-state index in [1.54, 1.807) is 6.92 Å². The third-order valence-electron chi connectivity index (χ3n) is 2.86. The summed E-state index contributed by atoms with van der Waals surface area (Å²) in [6.45, 7) is 5.53. The third-order valence-corrected chi connectivity index (χ3v) is 2.86. The lowest BCUT2D eigenvalue weighted by Gasteiger charge is -2.24. The molecule has 0 aliphatic heterocycles. The molecular formula is C13H17F3O. The molecule has 0 saturated heterocycles. The molecule has 4 heteroatoms. The van der Waals surface area contributed by atoms with Crippen LogP contribution in [0, 0.1) is 5.92 Å². The van der Waals surface area contributed by atoms with E-state index in [1.807, 2.05) is 13.8 Å². The molecule has 0 heterocycles. The lowest BCUT2D eigenvalue weighted by Crippen LogP contribution is -2.20. The largest absolute Gasteiger partial charge is 0.416 e. The Morgan fingerprint density at radius 3 is 1.76 bits per heavy atom. The van der Waals surface area contributed by atoms with Gasteiger partial charge in [0.25, 0.3) is 0 Å². The monoisotopic (exact) mass is 246 g/mol. The average molecular weight is 246 g/mol. The topological polar surface area (TPSA) is 20.2 Å². The average Bonchev–Trinajstić information content (AvgIpc) is 2.15. The van der Waals surface area contributed by atoms with E-state index >= 15 is 0 Å². The summed E-state index contributed by atoms with van der Waals surface area (Å²) < 4.78 is 37.2. The molecule has 0 radical (unpaired) electrons. The normalized spacial score (nSPS) is 16.0. The first-order valence-corrected chi connectivity index (χ1v) is 5.58. The molecule has 0 saturated carbocycles. The Kier molecular flexibility index (Phi) is 4.20. The van der Waals surface area contributed by atoms with E-state index in [9.17, 15) is 18.3 Å². The number of benzene rings is 1. The minimum absolute atomic E-state index is 0.141. The van der Waals surface area contributed by atoms with Crippen molar-refractivity contribution in [3.05, 3.63) is 35.4 Å². The van der Waals surface area contributed by atoms with Crippen LogP contribution < -0.4 is 0 Å². The van der Waals surface area contributed by atoms with Gasteiger partial charge < -0.3 is 5.11 Å². The molecule has 1 nitrogen and oxygen atoms in total. The smallest absolute Gasteiger partial charge is 0.393 e. The standard InChI is InChI=1S/C13H17F3O/c1-8(2)12(9(3)17)10-4-6-11(7-5-10)13(14,15)16/h4-9,12,17H,1-3H3. The highest BCUT2D eigenvalue weighted by molar-refractivity contribution is 5.28. The molecule has 1 rings (SSSR count). The molecule has 0 amide bonds. The van der Waals surface area contributed by atoms with Crippen LogP contribution >= 0.6 is 0 Å². The zero-order chi connectivity index (χ0) is 13.2. The summed E-state index contributed by atoms with van der Waals surface area (Å²) in [7, 11) is 0. The van der Waals surface area contributed by atoms with E-state index in [0.29, 0.717) is 0 Å². The van der Waals surface area contributed by atoms with Gasteiger partial charge in [-0.1, -0.05) is 26.0 Å². The molecule has 17 heavy (non-hydrogen) atoms. The summed E-state index contributed by atoms with van der Waals surface area (Å²) >= 11 is 0. The van der Waals surface area contributed by atoms with Crippen LogP contribution in [-0.4, -0.2) is 11.2 Å². The van der Waals surface area contributed by atoms with Gasteiger partial charge in [-0.3, -0.25) is 0 Å². The van der Waals surface area contributed by atoms with Crippen molar-refractivity contribution in [2.24, 2.45) is 5.92 Å². The van der Waals surface area contributed by atoms with Crippen molar-refractivity contribution in [3.8, 4) is 0 Å². The number of hydrogen-bond acceptors (Lipinski definition) is 1. The van der Waals surface area contributed by atoms with Crippen molar-refractivity contribution in [2.45, 2.75) is 39.0 Å². The molecule has 2 unspecified atom stereocenters. The predicted octanol–water partition coefficient (Wildman–Crippen LogP) is 3.83. The number of rotatable bonds is 3. The van der Waals surface area contributed by atoms with Crippen molar-refractivity contribution in [1.29, 1.82) is 0 Å². The molecule has 1 aromatic rings. The van der Waals surface area contributed by atoms with Gasteiger partial charge in [0.2, 0.25) is 0 Å². The fourth-order valence-corrected chi connectivity index (χ4v) is 2.11.